The normalized spacial score (nSPS) is 15.1. The van der Waals surface area contributed by atoms with E-state index < -0.39 is 14.9 Å². The van der Waals surface area contributed by atoms with Crippen LogP contribution < -0.4 is 4.90 Å². The fourth-order valence-electron chi connectivity index (χ4n) is 4.27. The highest BCUT2D eigenvalue weighted by Crippen LogP contribution is 2.27. The molecule has 0 aliphatic carbocycles. The summed E-state index contributed by atoms with van der Waals surface area (Å²) in [6.07, 6.45) is 1.04. The van der Waals surface area contributed by atoms with Gasteiger partial charge in [0.2, 0.25) is 10.0 Å². The van der Waals surface area contributed by atoms with Gasteiger partial charge < -0.3 is 4.90 Å². The van der Waals surface area contributed by atoms with Crippen molar-refractivity contribution in [3.05, 3.63) is 87.1 Å². The first-order valence-corrected chi connectivity index (χ1v) is 12.7. The van der Waals surface area contributed by atoms with Gasteiger partial charge in [-0.1, -0.05) is 12.1 Å². The van der Waals surface area contributed by atoms with Gasteiger partial charge in [0.15, 0.2) is 0 Å². The molecule has 0 amide bonds. The molecule has 1 aromatic heterocycles. The van der Waals surface area contributed by atoms with Crippen molar-refractivity contribution >= 4 is 21.5 Å². The van der Waals surface area contributed by atoms with E-state index in [1.165, 1.54) is 40.7 Å². The first-order valence-electron chi connectivity index (χ1n) is 11.2. The quantitative estimate of drug-likeness (QED) is 0.376. The van der Waals surface area contributed by atoms with Gasteiger partial charge in [-0.15, -0.1) is 0 Å². The maximum atomic E-state index is 13.8. The van der Waals surface area contributed by atoms with E-state index in [4.69, 9.17) is 0 Å². The van der Waals surface area contributed by atoms with Gasteiger partial charge in [0, 0.05) is 56.0 Å². The molecule has 0 bridgehead atoms. The lowest BCUT2D eigenvalue weighted by atomic mass is 10.0. The summed E-state index contributed by atoms with van der Waals surface area (Å²) in [6.45, 7) is 5.27. The molecule has 9 nitrogen and oxygen atoms in total. The van der Waals surface area contributed by atoms with Gasteiger partial charge in [-0.25, -0.2) is 22.8 Å². The van der Waals surface area contributed by atoms with Gasteiger partial charge in [0.1, 0.15) is 17.5 Å². The number of nitro groups is 1. The average molecular weight is 500 g/mol. The number of non-ortho nitro benzene ring substituents is 1. The molecule has 1 aliphatic heterocycles. The first-order chi connectivity index (χ1) is 16.6. The summed E-state index contributed by atoms with van der Waals surface area (Å²) >= 11 is 0. The molecule has 0 atom stereocenters. The number of nitro benzene ring substituents is 1. The standard InChI is InChI=1S/C24H26FN5O4S/c1-17-23(16-19-5-3-6-20(25)15-19)24(27-18(2)26-17)28-11-4-12-29(14-13-28)35(33,34)22-9-7-21(8-10-22)30(31)32/h3,5-10,15H,4,11-14,16H2,1-2H3. The molecule has 1 aliphatic rings. The second kappa shape index (κ2) is 10.0. The Balaban J connectivity index is 1.58. The van der Waals surface area contributed by atoms with Gasteiger partial charge in [-0.3, -0.25) is 10.1 Å². The summed E-state index contributed by atoms with van der Waals surface area (Å²) < 4.78 is 41.5. The van der Waals surface area contributed by atoms with E-state index in [-0.39, 0.29) is 22.9 Å². The predicted molar refractivity (Wildman–Crippen MR) is 129 cm³/mol. The second-order valence-corrected chi connectivity index (χ2v) is 10.4. The zero-order valence-corrected chi connectivity index (χ0v) is 20.3. The van der Waals surface area contributed by atoms with Crippen molar-refractivity contribution in [1.82, 2.24) is 14.3 Å². The molecule has 35 heavy (non-hydrogen) atoms. The molecule has 1 fully saturated rings. The maximum absolute atomic E-state index is 13.8. The van der Waals surface area contributed by atoms with E-state index in [2.05, 4.69) is 14.9 Å². The van der Waals surface area contributed by atoms with Crippen molar-refractivity contribution in [3.8, 4) is 0 Å². The highest BCUT2D eigenvalue weighted by Gasteiger charge is 2.29. The number of anilines is 1. The Labute approximate surface area is 203 Å². The summed E-state index contributed by atoms with van der Waals surface area (Å²) in [6, 6.07) is 11.3. The topological polar surface area (TPSA) is 110 Å². The number of halogens is 1. The highest BCUT2D eigenvalue weighted by molar-refractivity contribution is 7.89. The molecule has 2 aromatic carbocycles. The highest BCUT2D eigenvalue weighted by atomic mass is 32.2. The Morgan fingerprint density at radius 3 is 2.46 bits per heavy atom. The largest absolute Gasteiger partial charge is 0.355 e. The summed E-state index contributed by atoms with van der Waals surface area (Å²) in [4.78, 5) is 21.6. The molecular formula is C24H26FN5O4S. The van der Waals surface area contributed by atoms with Crippen molar-refractivity contribution in [2.45, 2.75) is 31.6 Å². The minimum atomic E-state index is -3.80. The SMILES string of the molecule is Cc1nc(C)c(Cc2cccc(F)c2)c(N2CCCN(S(=O)(=O)c3ccc([N+](=O)[O-])cc3)CC2)n1. The molecule has 0 saturated carbocycles. The Kier molecular flexibility index (Phi) is 7.08. The van der Waals surface area contributed by atoms with Crippen molar-refractivity contribution in [2.24, 2.45) is 0 Å². The number of nitrogens with zero attached hydrogens (tertiary/aromatic N) is 5. The number of hydrogen-bond donors (Lipinski definition) is 0. The minimum Gasteiger partial charge on any atom is -0.355 e. The lowest BCUT2D eigenvalue weighted by Gasteiger charge is -2.26. The number of sulfonamides is 1. The summed E-state index contributed by atoms with van der Waals surface area (Å²) in [5.74, 6) is 1.03. The van der Waals surface area contributed by atoms with Crippen LogP contribution in [0.3, 0.4) is 0 Å². The third-order valence-electron chi connectivity index (χ3n) is 6.01. The monoisotopic (exact) mass is 499 g/mol. The van der Waals surface area contributed by atoms with Crippen LogP contribution in [0.15, 0.2) is 53.4 Å². The van der Waals surface area contributed by atoms with Crippen LogP contribution >= 0.6 is 0 Å². The Morgan fingerprint density at radius 2 is 1.77 bits per heavy atom. The van der Waals surface area contributed by atoms with Crippen LogP contribution in [0.2, 0.25) is 0 Å². The zero-order chi connectivity index (χ0) is 25.2. The van der Waals surface area contributed by atoms with E-state index in [0.717, 1.165) is 22.6 Å². The van der Waals surface area contributed by atoms with Gasteiger partial charge in [-0.05, 0) is 50.1 Å². The van der Waals surface area contributed by atoms with E-state index in [1.54, 1.807) is 6.07 Å². The number of benzene rings is 2. The maximum Gasteiger partial charge on any atom is 0.269 e. The van der Waals surface area contributed by atoms with Gasteiger partial charge in [0.25, 0.3) is 5.69 Å². The third-order valence-corrected chi connectivity index (χ3v) is 7.93. The summed E-state index contributed by atoms with van der Waals surface area (Å²) in [5, 5.41) is 10.9. The van der Waals surface area contributed by atoms with Crippen LogP contribution in [0.1, 0.15) is 29.1 Å². The molecule has 0 unspecified atom stereocenters. The van der Waals surface area contributed by atoms with Crippen LogP contribution in [0, 0.1) is 29.8 Å². The van der Waals surface area contributed by atoms with Crippen LogP contribution in [0.4, 0.5) is 15.9 Å². The van der Waals surface area contributed by atoms with Crippen LogP contribution in [0.25, 0.3) is 0 Å². The van der Waals surface area contributed by atoms with Crippen LogP contribution in [0.5, 0.6) is 0 Å². The molecule has 4 rings (SSSR count). The smallest absolute Gasteiger partial charge is 0.269 e. The van der Waals surface area contributed by atoms with Gasteiger partial charge in [-0.2, -0.15) is 4.31 Å². The predicted octanol–water partition coefficient (Wildman–Crippen LogP) is 3.63. The minimum absolute atomic E-state index is 0.0251. The second-order valence-electron chi connectivity index (χ2n) is 8.46. The Morgan fingerprint density at radius 1 is 1.03 bits per heavy atom. The van der Waals surface area contributed by atoms with Gasteiger partial charge >= 0.3 is 0 Å². The molecule has 184 valence electrons. The molecule has 1 saturated heterocycles. The molecular weight excluding hydrogens is 473 g/mol. The van der Waals surface area contributed by atoms with E-state index in [9.17, 15) is 22.9 Å². The number of hydrogen-bond acceptors (Lipinski definition) is 7. The van der Waals surface area contributed by atoms with Crippen molar-refractivity contribution < 1.29 is 17.7 Å². The average Bonchev–Trinajstić information content (AvgIpc) is 3.08. The molecule has 0 radical (unpaired) electrons. The molecule has 3 aromatic rings. The van der Waals surface area contributed by atoms with E-state index in [1.807, 2.05) is 19.9 Å². The van der Waals surface area contributed by atoms with E-state index >= 15 is 0 Å². The fraction of sp³-hybridized carbons (Fsp3) is 0.333. The van der Waals surface area contributed by atoms with Crippen molar-refractivity contribution in [1.29, 1.82) is 0 Å². The van der Waals surface area contributed by atoms with Crippen LogP contribution in [-0.2, 0) is 16.4 Å². The summed E-state index contributed by atoms with van der Waals surface area (Å²) in [5.41, 5.74) is 2.33. The third kappa shape index (κ3) is 5.46. The number of aryl methyl sites for hydroxylation is 2. The lowest BCUT2D eigenvalue weighted by Crippen LogP contribution is -2.35. The molecule has 0 N–H and O–H groups in total. The van der Waals surface area contributed by atoms with Crippen molar-refractivity contribution in [3.63, 3.8) is 0 Å². The molecule has 2 heterocycles. The first kappa shape index (κ1) is 24.7. The summed E-state index contributed by atoms with van der Waals surface area (Å²) in [7, 11) is -3.80. The number of aromatic nitrogens is 2. The number of rotatable bonds is 6. The van der Waals surface area contributed by atoms with Crippen LogP contribution in [-0.4, -0.2) is 53.8 Å². The van der Waals surface area contributed by atoms with Crippen molar-refractivity contribution in [2.75, 3.05) is 31.1 Å². The Hall–Kier alpha value is -3.44. The van der Waals surface area contributed by atoms with Gasteiger partial charge in [0.05, 0.1) is 9.82 Å². The lowest BCUT2D eigenvalue weighted by molar-refractivity contribution is -0.384. The molecule has 11 heteroatoms. The fourth-order valence-corrected chi connectivity index (χ4v) is 5.74. The van der Waals surface area contributed by atoms with E-state index in [0.29, 0.717) is 38.3 Å². The zero-order valence-electron chi connectivity index (χ0n) is 19.5. The Bertz CT molecular complexity index is 1350. The molecule has 0 spiro atoms.